The number of thiazole rings is 1. The van der Waals surface area contributed by atoms with Crippen molar-refractivity contribution in [2.24, 2.45) is 0 Å². The first kappa shape index (κ1) is 10.8. The Morgan fingerprint density at radius 3 is 2.86 bits per heavy atom. The zero-order valence-electron chi connectivity index (χ0n) is 7.28. The highest BCUT2D eigenvalue weighted by Gasteiger charge is 2.14. The van der Waals surface area contributed by atoms with E-state index in [2.05, 4.69) is 4.98 Å². The molecule has 0 saturated carbocycles. The molecule has 0 spiro atoms. The molecule has 0 unspecified atom stereocenters. The van der Waals surface area contributed by atoms with Gasteiger partial charge in [-0.2, -0.15) is 0 Å². The first-order valence-corrected chi connectivity index (χ1v) is 4.56. The first-order valence-electron chi connectivity index (χ1n) is 3.69. The predicted molar refractivity (Wildman–Crippen MR) is 48.3 cm³/mol. The van der Waals surface area contributed by atoms with E-state index < -0.39 is 18.9 Å². The molecule has 78 valence electrons. The lowest BCUT2D eigenvalue weighted by atomic mass is 10.5. The summed E-state index contributed by atoms with van der Waals surface area (Å²) in [5, 5.41) is 10.1. The molecule has 0 atom stereocenters. The summed E-state index contributed by atoms with van der Waals surface area (Å²) in [7, 11) is 1.44. The number of nitrogens with zero attached hydrogens (tertiary/aromatic N) is 2. The molecule has 1 N–H and O–H groups in total. The number of aromatic nitrogens is 1. The van der Waals surface area contributed by atoms with Crippen LogP contribution in [0.4, 0.5) is 13.9 Å². The summed E-state index contributed by atoms with van der Waals surface area (Å²) in [4.78, 5) is 15.3. The smallest absolute Gasteiger partial charge is 0.355 e. The number of hydrogen-bond acceptors (Lipinski definition) is 4. The van der Waals surface area contributed by atoms with Gasteiger partial charge in [0.25, 0.3) is 6.43 Å². The van der Waals surface area contributed by atoms with Gasteiger partial charge < -0.3 is 10.0 Å². The van der Waals surface area contributed by atoms with Crippen LogP contribution in [-0.4, -0.2) is 36.1 Å². The van der Waals surface area contributed by atoms with Crippen LogP contribution in [0.15, 0.2) is 5.38 Å². The van der Waals surface area contributed by atoms with E-state index in [-0.39, 0.29) is 10.8 Å². The molecule has 0 aromatic carbocycles. The summed E-state index contributed by atoms with van der Waals surface area (Å²) >= 11 is 1.03. The van der Waals surface area contributed by atoms with E-state index in [9.17, 15) is 13.6 Å². The summed E-state index contributed by atoms with van der Waals surface area (Å²) in [5.74, 6) is -1.15. The van der Waals surface area contributed by atoms with Crippen molar-refractivity contribution in [1.29, 1.82) is 0 Å². The molecule has 0 aliphatic heterocycles. The van der Waals surface area contributed by atoms with Crippen LogP contribution in [0.25, 0.3) is 0 Å². The minimum Gasteiger partial charge on any atom is -0.476 e. The fraction of sp³-hybridized carbons (Fsp3) is 0.429. The summed E-state index contributed by atoms with van der Waals surface area (Å²) in [6, 6.07) is 0. The third-order valence-electron chi connectivity index (χ3n) is 1.45. The summed E-state index contributed by atoms with van der Waals surface area (Å²) in [5.41, 5.74) is -0.119. The fourth-order valence-electron chi connectivity index (χ4n) is 0.823. The normalized spacial score (nSPS) is 10.6. The second kappa shape index (κ2) is 4.32. The predicted octanol–water partition coefficient (Wildman–Crippen LogP) is 1.54. The Kier molecular flexibility index (Phi) is 3.34. The summed E-state index contributed by atoms with van der Waals surface area (Å²) in [6.07, 6.45) is -2.46. The average Bonchev–Trinajstić information content (AvgIpc) is 2.50. The maximum atomic E-state index is 12.0. The van der Waals surface area contributed by atoms with Gasteiger partial charge >= 0.3 is 5.97 Å². The maximum absolute atomic E-state index is 12.0. The molecule has 1 heterocycles. The van der Waals surface area contributed by atoms with Gasteiger partial charge in [0.05, 0.1) is 6.54 Å². The topological polar surface area (TPSA) is 53.4 Å². The quantitative estimate of drug-likeness (QED) is 0.839. The molecule has 0 amide bonds. The number of alkyl halides is 2. The van der Waals surface area contributed by atoms with Gasteiger partial charge in [-0.1, -0.05) is 0 Å². The van der Waals surface area contributed by atoms with Crippen LogP contribution in [0.2, 0.25) is 0 Å². The van der Waals surface area contributed by atoms with Crippen LogP contribution in [-0.2, 0) is 0 Å². The molecule has 0 fully saturated rings. The van der Waals surface area contributed by atoms with Gasteiger partial charge in [0, 0.05) is 12.4 Å². The highest BCUT2D eigenvalue weighted by molar-refractivity contribution is 7.13. The van der Waals surface area contributed by atoms with Crippen LogP contribution >= 0.6 is 11.3 Å². The Hall–Kier alpha value is -1.24. The Bertz CT molecular complexity index is 329. The van der Waals surface area contributed by atoms with E-state index in [4.69, 9.17) is 5.11 Å². The molecule has 7 heteroatoms. The molecule has 0 aliphatic carbocycles. The lowest BCUT2D eigenvalue weighted by Gasteiger charge is -2.13. The molecule has 1 rings (SSSR count). The van der Waals surface area contributed by atoms with E-state index in [1.54, 1.807) is 0 Å². The van der Waals surface area contributed by atoms with Gasteiger partial charge in [0.15, 0.2) is 10.8 Å². The van der Waals surface area contributed by atoms with Crippen molar-refractivity contribution in [2.45, 2.75) is 6.43 Å². The number of carbonyl (C=O) groups is 1. The lowest BCUT2D eigenvalue weighted by molar-refractivity contribution is 0.0691. The van der Waals surface area contributed by atoms with Crippen molar-refractivity contribution in [3.8, 4) is 0 Å². The monoisotopic (exact) mass is 222 g/mol. The van der Waals surface area contributed by atoms with Crippen molar-refractivity contribution in [1.82, 2.24) is 4.98 Å². The van der Waals surface area contributed by atoms with E-state index in [0.717, 1.165) is 11.3 Å². The highest BCUT2D eigenvalue weighted by Crippen LogP contribution is 2.19. The maximum Gasteiger partial charge on any atom is 0.355 e. The molecular weight excluding hydrogens is 214 g/mol. The highest BCUT2D eigenvalue weighted by atomic mass is 32.1. The third-order valence-corrected chi connectivity index (χ3v) is 2.40. The van der Waals surface area contributed by atoms with E-state index in [1.165, 1.54) is 17.3 Å². The zero-order chi connectivity index (χ0) is 10.7. The number of carboxylic acids is 1. The van der Waals surface area contributed by atoms with Gasteiger partial charge in [-0.3, -0.25) is 0 Å². The molecule has 0 aliphatic rings. The number of halogens is 2. The second-order valence-electron chi connectivity index (χ2n) is 2.59. The molecule has 0 saturated heterocycles. The van der Waals surface area contributed by atoms with Gasteiger partial charge in [0.2, 0.25) is 0 Å². The standard InChI is InChI=1S/C7H8F2N2O2S/c1-11(2-5(8)9)7-10-4(3-14-7)6(12)13/h3,5H,2H2,1H3,(H,12,13). The van der Waals surface area contributed by atoms with Crippen LogP contribution in [0.1, 0.15) is 10.5 Å². The number of anilines is 1. The summed E-state index contributed by atoms with van der Waals surface area (Å²) in [6.45, 7) is -0.452. The Balaban J connectivity index is 2.71. The van der Waals surface area contributed by atoms with E-state index in [1.807, 2.05) is 0 Å². The van der Waals surface area contributed by atoms with Crippen LogP contribution in [0, 0.1) is 0 Å². The minimum atomic E-state index is -2.46. The number of carboxylic acid groups (broad SMARTS) is 1. The second-order valence-corrected chi connectivity index (χ2v) is 3.43. The van der Waals surface area contributed by atoms with Crippen LogP contribution in [0.5, 0.6) is 0 Å². The summed E-state index contributed by atoms with van der Waals surface area (Å²) < 4.78 is 23.9. The average molecular weight is 222 g/mol. The molecule has 1 aromatic heterocycles. The van der Waals surface area contributed by atoms with E-state index in [0.29, 0.717) is 0 Å². The SMILES string of the molecule is CN(CC(F)F)c1nc(C(=O)O)cs1. The number of aromatic carboxylic acids is 1. The number of hydrogen-bond donors (Lipinski definition) is 1. The third kappa shape index (κ3) is 2.63. The van der Waals surface area contributed by atoms with Gasteiger partial charge in [0.1, 0.15) is 0 Å². The van der Waals surface area contributed by atoms with Crippen molar-refractivity contribution in [3.63, 3.8) is 0 Å². The zero-order valence-corrected chi connectivity index (χ0v) is 8.09. The minimum absolute atomic E-state index is 0.119. The number of rotatable bonds is 4. The molecular formula is C7H8F2N2O2S. The van der Waals surface area contributed by atoms with Crippen LogP contribution in [0.3, 0.4) is 0 Å². The molecule has 0 bridgehead atoms. The van der Waals surface area contributed by atoms with Crippen molar-refractivity contribution >= 4 is 22.4 Å². The Morgan fingerprint density at radius 2 is 2.43 bits per heavy atom. The molecule has 14 heavy (non-hydrogen) atoms. The van der Waals surface area contributed by atoms with Crippen molar-refractivity contribution < 1.29 is 18.7 Å². The van der Waals surface area contributed by atoms with Crippen molar-refractivity contribution in [2.75, 3.05) is 18.5 Å². The molecule has 1 aromatic rings. The van der Waals surface area contributed by atoms with Gasteiger partial charge in [-0.25, -0.2) is 18.6 Å². The van der Waals surface area contributed by atoms with Crippen molar-refractivity contribution in [3.05, 3.63) is 11.1 Å². The van der Waals surface area contributed by atoms with Gasteiger partial charge in [-0.05, 0) is 0 Å². The fourth-order valence-corrected chi connectivity index (χ4v) is 1.60. The van der Waals surface area contributed by atoms with Gasteiger partial charge in [-0.15, -0.1) is 11.3 Å². The molecule has 4 nitrogen and oxygen atoms in total. The Labute approximate surface area is 82.8 Å². The first-order chi connectivity index (χ1) is 6.50. The largest absolute Gasteiger partial charge is 0.476 e. The Morgan fingerprint density at radius 1 is 1.79 bits per heavy atom. The van der Waals surface area contributed by atoms with Crippen LogP contribution < -0.4 is 4.90 Å². The van der Waals surface area contributed by atoms with E-state index >= 15 is 0 Å². The molecule has 0 radical (unpaired) electrons. The lowest BCUT2D eigenvalue weighted by Crippen LogP contribution is -2.23.